The monoisotopic (exact) mass is 573 g/mol. The Balaban J connectivity index is 1.55. The number of likely N-dealkylation sites (N-methyl/N-ethyl adjacent to an activating group) is 1. The highest BCUT2D eigenvalue weighted by Crippen LogP contribution is 2.29. The molecule has 0 radical (unpaired) electrons. The van der Waals surface area contributed by atoms with Crippen LogP contribution in [0.2, 0.25) is 0 Å². The fourth-order valence-electron chi connectivity index (χ4n) is 5.15. The third kappa shape index (κ3) is 8.18. The van der Waals surface area contributed by atoms with Crippen LogP contribution < -0.4 is 10.1 Å². The molecule has 0 spiro atoms. The summed E-state index contributed by atoms with van der Waals surface area (Å²) in [7, 11) is 1.97. The molecule has 0 fully saturated rings. The fourth-order valence-corrected chi connectivity index (χ4v) is 5.15. The second-order valence-corrected chi connectivity index (χ2v) is 11.1. The van der Waals surface area contributed by atoms with Gasteiger partial charge >= 0.3 is 5.97 Å². The number of nitrogens with zero attached hydrogens (tertiary/aromatic N) is 2. The molecule has 0 saturated carbocycles. The van der Waals surface area contributed by atoms with Gasteiger partial charge in [0.25, 0.3) is 0 Å². The molecule has 3 aromatic rings. The van der Waals surface area contributed by atoms with Crippen molar-refractivity contribution in [1.82, 2.24) is 9.80 Å². The lowest BCUT2D eigenvalue weighted by Crippen LogP contribution is -2.47. The van der Waals surface area contributed by atoms with Crippen LogP contribution in [0.1, 0.15) is 40.9 Å². The summed E-state index contributed by atoms with van der Waals surface area (Å²) in [5.41, 5.74) is 3.37. The molecule has 0 saturated heterocycles. The first kappa shape index (κ1) is 30.7. The number of carboxylic acid groups (broad SMARTS) is 1. The zero-order valence-electron chi connectivity index (χ0n) is 24.3. The maximum Gasteiger partial charge on any atom is 0.335 e. The van der Waals surface area contributed by atoms with Crippen LogP contribution in [-0.2, 0) is 29.0 Å². The maximum absolute atomic E-state index is 13.5. The van der Waals surface area contributed by atoms with Crippen LogP contribution in [0, 0.1) is 5.92 Å². The third-order valence-corrected chi connectivity index (χ3v) is 7.55. The number of carbonyl (C=O) groups excluding carboxylic acids is 2. The van der Waals surface area contributed by atoms with Gasteiger partial charge in [0, 0.05) is 36.8 Å². The molecular weight excluding hydrogens is 534 g/mol. The van der Waals surface area contributed by atoms with E-state index in [-0.39, 0.29) is 54.9 Å². The molecule has 0 bridgehead atoms. The Bertz CT molecular complexity index is 1380. The molecule has 1 aliphatic rings. The maximum atomic E-state index is 13.5. The number of hydrogen-bond acceptors (Lipinski definition) is 6. The molecule has 3 atom stereocenters. The first-order valence-electron chi connectivity index (χ1n) is 14.2. The molecule has 3 aromatic carbocycles. The number of anilines is 1. The number of aromatic carboxylic acids is 1. The summed E-state index contributed by atoms with van der Waals surface area (Å²) in [5, 5.41) is 22.0. The van der Waals surface area contributed by atoms with E-state index in [9.17, 15) is 24.6 Å². The van der Waals surface area contributed by atoms with Crippen molar-refractivity contribution in [2.75, 3.05) is 32.1 Å². The summed E-state index contributed by atoms with van der Waals surface area (Å²) < 4.78 is 6.58. The van der Waals surface area contributed by atoms with Crippen LogP contribution in [0.15, 0.2) is 72.8 Å². The van der Waals surface area contributed by atoms with Crippen LogP contribution >= 0.6 is 0 Å². The molecule has 42 heavy (non-hydrogen) atoms. The predicted molar refractivity (Wildman–Crippen MR) is 160 cm³/mol. The number of nitrogens with one attached hydrogen (secondary N) is 1. The van der Waals surface area contributed by atoms with E-state index in [0.29, 0.717) is 36.6 Å². The molecule has 4 rings (SSSR count). The van der Waals surface area contributed by atoms with Gasteiger partial charge in [-0.25, -0.2) is 4.79 Å². The van der Waals surface area contributed by atoms with Crippen LogP contribution in [-0.4, -0.2) is 76.7 Å². The third-order valence-electron chi connectivity index (χ3n) is 7.55. The zero-order valence-corrected chi connectivity index (χ0v) is 24.3. The van der Waals surface area contributed by atoms with Crippen molar-refractivity contribution in [2.45, 2.75) is 45.4 Å². The first-order chi connectivity index (χ1) is 20.1. The Morgan fingerprint density at radius 3 is 2.45 bits per heavy atom. The number of carbonyl (C=O) groups is 3. The van der Waals surface area contributed by atoms with Crippen LogP contribution in [0.3, 0.4) is 0 Å². The van der Waals surface area contributed by atoms with Gasteiger partial charge in [-0.3, -0.25) is 14.5 Å². The normalized spacial score (nSPS) is 17.8. The van der Waals surface area contributed by atoms with Crippen LogP contribution in [0.25, 0.3) is 0 Å². The van der Waals surface area contributed by atoms with Crippen molar-refractivity contribution < 1.29 is 29.3 Å². The number of ether oxygens (including phenoxy) is 1. The summed E-state index contributed by atoms with van der Waals surface area (Å²) in [6.45, 7) is 5.26. The van der Waals surface area contributed by atoms with Gasteiger partial charge < -0.3 is 25.2 Å². The minimum atomic E-state index is -0.962. The van der Waals surface area contributed by atoms with Gasteiger partial charge in [-0.1, -0.05) is 49.4 Å². The molecule has 9 heteroatoms. The van der Waals surface area contributed by atoms with Crippen molar-refractivity contribution >= 4 is 23.5 Å². The minimum absolute atomic E-state index is 0.0593. The van der Waals surface area contributed by atoms with Gasteiger partial charge in [0.1, 0.15) is 11.9 Å². The first-order valence-corrected chi connectivity index (χ1v) is 14.2. The standard InChI is InChI=1S/C33H39N3O6/c1-22-18-36(23(2)21-37)32(39)17-27-16-28(34-31(38)15-24-7-5-4-6-8-24)13-14-29(27)42-30(22)20-35(3)19-25-9-11-26(12-10-25)33(40)41/h4-14,16,22-23,30,37H,15,17-21H2,1-3H3,(H,34,38)(H,40,41)/t22-,23+,30-/m0/s1. The second kappa shape index (κ2) is 14.1. The number of rotatable bonds is 10. The topological polar surface area (TPSA) is 119 Å². The van der Waals surface area contributed by atoms with E-state index >= 15 is 0 Å². The highest BCUT2D eigenvalue weighted by atomic mass is 16.5. The van der Waals surface area contributed by atoms with Gasteiger partial charge in [0.05, 0.1) is 31.1 Å². The smallest absolute Gasteiger partial charge is 0.335 e. The lowest BCUT2D eigenvalue weighted by Gasteiger charge is -2.34. The van der Waals surface area contributed by atoms with Crippen LogP contribution in [0.5, 0.6) is 5.75 Å². The van der Waals surface area contributed by atoms with E-state index in [0.717, 1.165) is 11.1 Å². The summed E-state index contributed by atoms with van der Waals surface area (Å²) in [5.74, 6) is -0.712. The van der Waals surface area contributed by atoms with Crippen molar-refractivity contribution in [3.63, 3.8) is 0 Å². The molecule has 0 aromatic heterocycles. The minimum Gasteiger partial charge on any atom is -0.488 e. The number of aliphatic hydroxyl groups is 1. The molecule has 1 heterocycles. The fraction of sp³-hybridized carbons (Fsp3) is 0.364. The molecular formula is C33H39N3O6. The van der Waals surface area contributed by atoms with E-state index in [1.165, 1.54) is 0 Å². The van der Waals surface area contributed by atoms with E-state index < -0.39 is 5.97 Å². The van der Waals surface area contributed by atoms with Gasteiger partial charge in [-0.05, 0) is 55.4 Å². The summed E-state index contributed by atoms with van der Waals surface area (Å²) in [6, 6.07) is 21.3. The van der Waals surface area contributed by atoms with Gasteiger partial charge in [0.15, 0.2) is 0 Å². The Kier molecular flexibility index (Phi) is 10.3. The van der Waals surface area contributed by atoms with Gasteiger partial charge in [-0.2, -0.15) is 0 Å². The van der Waals surface area contributed by atoms with Crippen molar-refractivity contribution in [1.29, 1.82) is 0 Å². The number of fused-ring (bicyclic) bond motifs is 1. The molecule has 2 amide bonds. The number of benzene rings is 3. The lowest BCUT2D eigenvalue weighted by atomic mass is 10.0. The Morgan fingerprint density at radius 1 is 1.07 bits per heavy atom. The lowest BCUT2D eigenvalue weighted by molar-refractivity contribution is -0.134. The van der Waals surface area contributed by atoms with E-state index in [4.69, 9.17) is 4.74 Å². The summed E-state index contributed by atoms with van der Waals surface area (Å²) in [4.78, 5) is 41.2. The predicted octanol–water partition coefficient (Wildman–Crippen LogP) is 3.85. The highest BCUT2D eigenvalue weighted by Gasteiger charge is 2.31. The molecule has 9 nitrogen and oxygen atoms in total. The SMILES string of the molecule is C[C@H](CO)N1C[C@H](C)[C@H](CN(C)Cc2ccc(C(=O)O)cc2)Oc2ccc(NC(=O)Cc3ccccc3)cc2CC1=O. The Labute approximate surface area is 246 Å². The van der Waals surface area contributed by atoms with Gasteiger partial charge in [0.2, 0.25) is 11.8 Å². The molecule has 222 valence electrons. The number of hydrogen-bond donors (Lipinski definition) is 3. The average Bonchev–Trinajstić information content (AvgIpc) is 3.00. The van der Waals surface area contributed by atoms with Crippen molar-refractivity contribution in [2.24, 2.45) is 5.92 Å². The number of carboxylic acids is 1. The van der Waals surface area contributed by atoms with E-state index in [1.54, 1.807) is 47.4 Å². The average molecular weight is 574 g/mol. The zero-order chi connectivity index (χ0) is 30.2. The number of amides is 2. The largest absolute Gasteiger partial charge is 0.488 e. The summed E-state index contributed by atoms with van der Waals surface area (Å²) >= 11 is 0. The Hall–Kier alpha value is -4.21. The second-order valence-electron chi connectivity index (χ2n) is 11.1. The quantitative estimate of drug-likeness (QED) is 0.337. The van der Waals surface area contributed by atoms with Crippen molar-refractivity contribution in [3.05, 3.63) is 95.1 Å². The molecule has 0 aliphatic carbocycles. The molecule has 1 aliphatic heterocycles. The van der Waals surface area contributed by atoms with E-state index in [2.05, 4.69) is 10.2 Å². The summed E-state index contributed by atoms with van der Waals surface area (Å²) in [6.07, 6.45) is 0.0257. The van der Waals surface area contributed by atoms with Crippen LogP contribution in [0.4, 0.5) is 5.69 Å². The van der Waals surface area contributed by atoms with E-state index in [1.807, 2.05) is 51.2 Å². The van der Waals surface area contributed by atoms with Gasteiger partial charge in [-0.15, -0.1) is 0 Å². The van der Waals surface area contributed by atoms with Crippen molar-refractivity contribution in [3.8, 4) is 5.75 Å². The molecule has 0 unspecified atom stereocenters. The Morgan fingerprint density at radius 2 is 1.79 bits per heavy atom. The number of aliphatic hydroxyl groups excluding tert-OH is 1. The molecule has 3 N–H and O–H groups in total. The highest BCUT2D eigenvalue weighted by molar-refractivity contribution is 5.92.